The number of ether oxygens (including phenoxy) is 1. The zero-order valence-corrected chi connectivity index (χ0v) is 28.0. The molecule has 40 heavy (non-hydrogen) atoms. The third kappa shape index (κ3) is 35.2. The molecular formula is C38H74O2. The van der Waals surface area contributed by atoms with Gasteiger partial charge in [0.05, 0.1) is 6.61 Å². The summed E-state index contributed by atoms with van der Waals surface area (Å²) in [6, 6.07) is 0. The minimum atomic E-state index is 0.0210. The van der Waals surface area contributed by atoms with Crippen LogP contribution in [0.4, 0.5) is 0 Å². The van der Waals surface area contributed by atoms with Crippen LogP contribution in [-0.2, 0) is 9.53 Å². The van der Waals surface area contributed by atoms with E-state index in [0.29, 0.717) is 13.0 Å². The second-order valence-corrected chi connectivity index (χ2v) is 13.0. The molecule has 0 spiro atoms. The average Bonchev–Trinajstić information content (AvgIpc) is 2.94. The Hall–Kier alpha value is -0.790. The Morgan fingerprint density at radius 1 is 0.500 bits per heavy atom. The highest BCUT2D eigenvalue weighted by Crippen LogP contribution is 2.15. The van der Waals surface area contributed by atoms with Crippen LogP contribution >= 0.6 is 0 Å². The molecule has 0 atom stereocenters. The monoisotopic (exact) mass is 563 g/mol. The molecule has 0 radical (unpaired) electrons. The highest BCUT2D eigenvalue weighted by atomic mass is 16.5. The van der Waals surface area contributed by atoms with Crippen LogP contribution in [-0.4, -0.2) is 12.6 Å². The Labute approximate surface area is 253 Å². The molecule has 0 fully saturated rings. The summed E-state index contributed by atoms with van der Waals surface area (Å²) in [7, 11) is 0. The van der Waals surface area contributed by atoms with Gasteiger partial charge >= 0.3 is 5.97 Å². The van der Waals surface area contributed by atoms with Gasteiger partial charge in [0.2, 0.25) is 0 Å². The zero-order chi connectivity index (χ0) is 29.2. The average molecular weight is 563 g/mol. The summed E-state index contributed by atoms with van der Waals surface area (Å²) in [6.07, 6.45) is 44.2. The highest BCUT2D eigenvalue weighted by molar-refractivity contribution is 5.69. The third-order valence-corrected chi connectivity index (χ3v) is 8.33. The van der Waals surface area contributed by atoms with E-state index < -0.39 is 0 Å². The van der Waals surface area contributed by atoms with E-state index in [1.165, 1.54) is 173 Å². The number of carbonyl (C=O) groups excluding carboxylic acids is 1. The number of rotatable bonds is 33. The van der Waals surface area contributed by atoms with Crippen molar-refractivity contribution in [3.8, 4) is 0 Å². The second kappa shape index (κ2) is 34.4. The highest BCUT2D eigenvalue weighted by Gasteiger charge is 2.03. The van der Waals surface area contributed by atoms with E-state index in [0.717, 1.165) is 18.8 Å². The fourth-order valence-electron chi connectivity index (χ4n) is 5.55. The van der Waals surface area contributed by atoms with Crippen molar-refractivity contribution >= 4 is 5.97 Å². The van der Waals surface area contributed by atoms with Gasteiger partial charge in [0.15, 0.2) is 0 Å². The van der Waals surface area contributed by atoms with Crippen LogP contribution in [0, 0.1) is 5.92 Å². The standard InChI is InChI=1S/C38H74O2/c1-4-5-6-7-8-9-10-11-12-13-14-17-20-23-26-29-32-35-38(39)40-36-33-30-27-24-21-18-15-16-19-22-25-28-31-34-37(2)3/h11-12,37H,4-10,13-36H2,1-3H3/b12-11-. The molecule has 0 amide bonds. The first-order chi connectivity index (χ1) is 19.7. The van der Waals surface area contributed by atoms with Crippen molar-refractivity contribution < 1.29 is 9.53 Å². The van der Waals surface area contributed by atoms with Gasteiger partial charge in [-0.3, -0.25) is 4.79 Å². The fraction of sp³-hybridized carbons (Fsp3) is 0.921. The van der Waals surface area contributed by atoms with Gasteiger partial charge in [-0.2, -0.15) is 0 Å². The molecule has 0 aliphatic carbocycles. The Bertz CT molecular complexity index is 510. The normalized spacial score (nSPS) is 11.7. The molecule has 0 bridgehead atoms. The lowest BCUT2D eigenvalue weighted by molar-refractivity contribution is -0.143. The molecule has 0 aromatic carbocycles. The van der Waals surface area contributed by atoms with Crippen molar-refractivity contribution in [2.45, 2.75) is 213 Å². The van der Waals surface area contributed by atoms with Gasteiger partial charge < -0.3 is 4.74 Å². The predicted octanol–water partition coefficient (Wildman–Crippen LogP) is 13.5. The SMILES string of the molecule is CCCCCCCC/C=C\CCCCCCCCCC(=O)OCCCCCCCCCCCCCCCC(C)C. The molecule has 2 nitrogen and oxygen atoms in total. The van der Waals surface area contributed by atoms with E-state index in [2.05, 4.69) is 32.9 Å². The zero-order valence-electron chi connectivity index (χ0n) is 28.0. The molecule has 0 saturated heterocycles. The predicted molar refractivity (Wildman–Crippen MR) is 179 cm³/mol. The topological polar surface area (TPSA) is 26.3 Å². The van der Waals surface area contributed by atoms with Crippen LogP contribution in [0.25, 0.3) is 0 Å². The molecular weight excluding hydrogens is 488 g/mol. The Morgan fingerprint density at radius 2 is 0.875 bits per heavy atom. The number of hydrogen-bond acceptors (Lipinski definition) is 2. The molecule has 0 aromatic heterocycles. The maximum Gasteiger partial charge on any atom is 0.305 e. The molecule has 0 aromatic rings. The smallest absolute Gasteiger partial charge is 0.305 e. The summed E-state index contributed by atoms with van der Waals surface area (Å²) in [5.41, 5.74) is 0. The minimum absolute atomic E-state index is 0.0210. The first-order valence-corrected chi connectivity index (χ1v) is 18.5. The lowest BCUT2D eigenvalue weighted by Crippen LogP contribution is -2.05. The van der Waals surface area contributed by atoms with Crippen LogP contribution < -0.4 is 0 Å². The molecule has 0 rings (SSSR count). The van der Waals surface area contributed by atoms with Crippen LogP contribution in [0.1, 0.15) is 213 Å². The Morgan fingerprint density at radius 3 is 1.32 bits per heavy atom. The van der Waals surface area contributed by atoms with Crippen LogP contribution in [0.15, 0.2) is 12.2 Å². The molecule has 0 saturated carbocycles. The van der Waals surface area contributed by atoms with Crippen LogP contribution in [0.2, 0.25) is 0 Å². The molecule has 0 aliphatic rings. The van der Waals surface area contributed by atoms with Crippen molar-refractivity contribution in [2.75, 3.05) is 6.61 Å². The molecule has 0 unspecified atom stereocenters. The van der Waals surface area contributed by atoms with Gasteiger partial charge in [-0.15, -0.1) is 0 Å². The summed E-state index contributed by atoms with van der Waals surface area (Å²) in [6.45, 7) is 7.57. The van der Waals surface area contributed by atoms with E-state index >= 15 is 0 Å². The summed E-state index contributed by atoms with van der Waals surface area (Å²) in [4.78, 5) is 11.9. The second-order valence-electron chi connectivity index (χ2n) is 13.0. The number of unbranched alkanes of at least 4 members (excludes halogenated alkanes) is 25. The van der Waals surface area contributed by atoms with Crippen molar-refractivity contribution in [3.63, 3.8) is 0 Å². The van der Waals surface area contributed by atoms with Crippen molar-refractivity contribution in [2.24, 2.45) is 5.92 Å². The summed E-state index contributed by atoms with van der Waals surface area (Å²) in [5.74, 6) is 0.893. The van der Waals surface area contributed by atoms with Crippen LogP contribution in [0.3, 0.4) is 0 Å². The van der Waals surface area contributed by atoms with Gasteiger partial charge in [-0.05, 0) is 44.4 Å². The number of hydrogen-bond donors (Lipinski definition) is 0. The van der Waals surface area contributed by atoms with Crippen LogP contribution in [0.5, 0.6) is 0 Å². The van der Waals surface area contributed by atoms with Gasteiger partial charge in [-0.25, -0.2) is 0 Å². The minimum Gasteiger partial charge on any atom is -0.466 e. The fourth-order valence-corrected chi connectivity index (χ4v) is 5.55. The molecule has 0 aliphatic heterocycles. The lowest BCUT2D eigenvalue weighted by Gasteiger charge is -2.06. The lowest BCUT2D eigenvalue weighted by atomic mass is 10.0. The first kappa shape index (κ1) is 39.2. The Kier molecular flexibility index (Phi) is 33.7. The van der Waals surface area contributed by atoms with E-state index in [4.69, 9.17) is 4.74 Å². The Balaban J connectivity index is 3.19. The third-order valence-electron chi connectivity index (χ3n) is 8.33. The molecule has 0 N–H and O–H groups in total. The van der Waals surface area contributed by atoms with Gasteiger partial charge in [0, 0.05) is 6.42 Å². The summed E-state index contributed by atoms with van der Waals surface area (Å²) < 4.78 is 5.44. The van der Waals surface area contributed by atoms with E-state index in [-0.39, 0.29) is 5.97 Å². The van der Waals surface area contributed by atoms with E-state index in [1.807, 2.05) is 0 Å². The first-order valence-electron chi connectivity index (χ1n) is 18.5. The maximum absolute atomic E-state index is 11.9. The quantitative estimate of drug-likeness (QED) is 0.0451. The largest absolute Gasteiger partial charge is 0.466 e. The molecule has 238 valence electrons. The van der Waals surface area contributed by atoms with Gasteiger partial charge in [0.25, 0.3) is 0 Å². The van der Waals surface area contributed by atoms with Crippen molar-refractivity contribution in [1.29, 1.82) is 0 Å². The molecule has 2 heteroatoms. The van der Waals surface area contributed by atoms with E-state index in [1.54, 1.807) is 0 Å². The number of esters is 1. The van der Waals surface area contributed by atoms with E-state index in [9.17, 15) is 4.79 Å². The maximum atomic E-state index is 11.9. The molecule has 0 heterocycles. The van der Waals surface area contributed by atoms with Crippen molar-refractivity contribution in [1.82, 2.24) is 0 Å². The van der Waals surface area contributed by atoms with Gasteiger partial charge in [-0.1, -0.05) is 181 Å². The summed E-state index contributed by atoms with van der Waals surface area (Å²) >= 11 is 0. The number of allylic oxidation sites excluding steroid dienone is 2. The summed E-state index contributed by atoms with van der Waals surface area (Å²) in [5, 5.41) is 0. The van der Waals surface area contributed by atoms with Crippen molar-refractivity contribution in [3.05, 3.63) is 12.2 Å². The number of carbonyl (C=O) groups is 1. The van der Waals surface area contributed by atoms with Gasteiger partial charge in [0.1, 0.15) is 0 Å².